The number of rotatable bonds is 7. The van der Waals surface area contributed by atoms with Crippen molar-refractivity contribution >= 4 is 22.6 Å². The molecular weight excluding hydrogens is 302 g/mol. The van der Waals surface area contributed by atoms with Gasteiger partial charge in [0.15, 0.2) is 0 Å². The monoisotopic (exact) mass is 325 g/mol. The van der Waals surface area contributed by atoms with E-state index in [1.807, 2.05) is 0 Å². The minimum Gasteiger partial charge on any atom is -0.478 e. The summed E-state index contributed by atoms with van der Waals surface area (Å²) in [5.74, 6) is -0.370. The first-order valence-electron chi connectivity index (χ1n) is 7.60. The number of carbonyl (C=O) groups is 1. The van der Waals surface area contributed by atoms with E-state index >= 15 is 0 Å². The van der Waals surface area contributed by atoms with Crippen LogP contribution < -0.4 is 4.72 Å². The first-order valence-corrected chi connectivity index (χ1v) is 9.16. The Morgan fingerprint density at radius 3 is 2.73 bits per heavy atom. The predicted octanol–water partition coefficient (Wildman–Crippen LogP) is 3.19. The van der Waals surface area contributed by atoms with Crippen molar-refractivity contribution in [3.8, 4) is 0 Å². The zero-order valence-corrected chi connectivity index (χ0v) is 13.7. The van der Waals surface area contributed by atoms with Gasteiger partial charge in [-0.2, -0.15) is 0 Å². The molecule has 0 spiro atoms. The van der Waals surface area contributed by atoms with Crippen LogP contribution in [0.2, 0.25) is 0 Å². The van der Waals surface area contributed by atoms with Crippen LogP contribution in [0.15, 0.2) is 18.2 Å². The van der Waals surface area contributed by atoms with Crippen molar-refractivity contribution in [2.45, 2.75) is 38.7 Å². The van der Waals surface area contributed by atoms with Crippen LogP contribution in [0.4, 0.5) is 5.69 Å². The molecular formula is C16H23NO4S. The molecule has 5 nitrogen and oxygen atoms in total. The van der Waals surface area contributed by atoms with E-state index in [-0.39, 0.29) is 5.56 Å². The number of nitrogens with one attached hydrogen (secondary N) is 1. The van der Waals surface area contributed by atoms with Crippen molar-refractivity contribution in [2.75, 3.05) is 17.6 Å². The molecule has 0 aromatic heterocycles. The van der Waals surface area contributed by atoms with Crippen molar-refractivity contribution in [1.29, 1.82) is 0 Å². The number of hydrogen-bond acceptors (Lipinski definition) is 3. The smallest absolute Gasteiger partial charge is 0.335 e. The maximum Gasteiger partial charge on any atom is 0.335 e. The van der Waals surface area contributed by atoms with Gasteiger partial charge in [-0.15, -0.1) is 0 Å². The number of carboxylic acid groups (broad SMARTS) is 1. The third-order valence-corrected chi connectivity index (χ3v) is 4.45. The number of benzene rings is 1. The highest BCUT2D eigenvalue weighted by Crippen LogP contribution is 2.25. The van der Waals surface area contributed by atoms with Gasteiger partial charge in [-0.25, -0.2) is 9.00 Å². The van der Waals surface area contributed by atoms with Crippen LogP contribution in [0, 0.1) is 5.92 Å². The molecule has 0 amide bonds. The quantitative estimate of drug-likeness (QED) is 0.807. The van der Waals surface area contributed by atoms with Crippen LogP contribution in [0.25, 0.3) is 0 Å². The van der Waals surface area contributed by atoms with Gasteiger partial charge in [-0.3, -0.25) is 0 Å². The average molecular weight is 325 g/mol. The van der Waals surface area contributed by atoms with E-state index in [9.17, 15) is 9.00 Å². The maximum absolute atomic E-state index is 11.3. The van der Waals surface area contributed by atoms with E-state index in [1.165, 1.54) is 44.4 Å². The fraction of sp³-hybridized carbons (Fsp3) is 0.562. The second-order valence-electron chi connectivity index (χ2n) is 5.75. The number of carboxylic acids is 1. The van der Waals surface area contributed by atoms with Gasteiger partial charge >= 0.3 is 5.97 Å². The van der Waals surface area contributed by atoms with Gasteiger partial charge in [0, 0.05) is 18.4 Å². The van der Waals surface area contributed by atoms with E-state index < -0.39 is 17.0 Å². The highest BCUT2D eigenvalue weighted by atomic mass is 32.2. The third kappa shape index (κ3) is 5.10. The minimum absolute atomic E-state index is 0.212. The average Bonchev–Trinajstić information content (AvgIpc) is 2.49. The summed E-state index contributed by atoms with van der Waals surface area (Å²) in [6.07, 6.45) is 7.80. The van der Waals surface area contributed by atoms with Crippen LogP contribution in [-0.2, 0) is 22.3 Å². The number of hydrogen-bond donors (Lipinski definition) is 2. The number of anilines is 1. The summed E-state index contributed by atoms with van der Waals surface area (Å²) >= 11 is 0. The molecule has 1 saturated carbocycles. The van der Waals surface area contributed by atoms with E-state index in [0.29, 0.717) is 24.8 Å². The molecule has 0 saturated heterocycles. The van der Waals surface area contributed by atoms with E-state index in [2.05, 4.69) is 4.72 Å². The summed E-state index contributed by atoms with van der Waals surface area (Å²) in [6, 6.07) is 4.73. The summed E-state index contributed by atoms with van der Waals surface area (Å²) in [6.45, 7) is 1.03. The Morgan fingerprint density at radius 2 is 2.09 bits per heavy atom. The van der Waals surface area contributed by atoms with Crippen LogP contribution in [0.1, 0.15) is 48.0 Å². The van der Waals surface area contributed by atoms with E-state index in [4.69, 9.17) is 9.84 Å². The molecule has 6 heteroatoms. The standard InChI is InChI=1S/C16H23NO4S/c1-22(20)17-15-8-7-13(16(18)19)9-14(15)11-21-10-12-5-3-2-4-6-12/h7-9,12,17H,2-6,10-11H2,1H3,(H,18,19). The molecule has 2 N–H and O–H groups in total. The Bertz CT molecular complexity index is 541. The topological polar surface area (TPSA) is 75.6 Å². The number of ether oxygens (including phenoxy) is 1. The maximum atomic E-state index is 11.3. The van der Waals surface area contributed by atoms with Gasteiger partial charge in [-0.1, -0.05) is 19.3 Å². The molecule has 22 heavy (non-hydrogen) atoms. The van der Waals surface area contributed by atoms with Crippen LogP contribution in [0.3, 0.4) is 0 Å². The fourth-order valence-corrected chi connectivity index (χ4v) is 3.30. The predicted molar refractivity (Wildman–Crippen MR) is 87.3 cm³/mol. The highest BCUT2D eigenvalue weighted by Gasteiger charge is 2.14. The SMILES string of the molecule is CS(=O)Nc1ccc(C(=O)O)cc1COCC1CCCCC1. The Balaban J connectivity index is 2.00. The highest BCUT2D eigenvalue weighted by molar-refractivity contribution is 7.85. The van der Waals surface area contributed by atoms with Crippen molar-refractivity contribution in [3.05, 3.63) is 29.3 Å². The zero-order valence-electron chi connectivity index (χ0n) is 12.8. The Morgan fingerprint density at radius 1 is 1.36 bits per heavy atom. The Hall–Kier alpha value is -1.40. The lowest BCUT2D eigenvalue weighted by atomic mass is 9.90. The van der Waals surface area contributed by atoms with Crippen LogP contribution in [0.5, 0.6) is 0 Å². The molecule has 1 aromatic rings. The third-order valence-electron chi connectivity index (χ3n) is 3.94. The normalized spacial score (nSPS) is 17.1. The molecule has 0 heterocycles. The lowest BCUT2D eigenvalue weighted by Gasteiger charge is -2.21. The molecule has 1 unspecified atom stereocenters. The minimum atomic E-state index is -1.21. The molecule has 1 aliphatic rings. The molecule has 0 bridgehead atoms. The van der Waals surface area contributed by atoms with E-state index in [1.54, 1.807) is 12.1 Å². The molecule has 1 fully saturated rings. The largest absolute Gasteiger partial charge is 0.478 e. The van der Waals surface area contributed by atoms with E-state index in [0.717, 1.165) is 5.56 Å². The molecule has 1 atom stereocenters. The first kappa shape index (κ1) is 17.0. The van der Waals surface area contributed by atoms with Gasteiger partial charge < -0.3 is 14.6 Å². The summed E-state index contributed by atoms with van der Waals surface area (Å²) in [4.78, 5) is 11.1. The summed E-state index contributed by atoms with van der Waals surface area (Å²) in [5.41, 5.74) is 1.60. The lowest BCUT2D eigenvalue weighted by Crippen LogP contribution is -2.14. The van der Waals surface area contributed by atoms with Crippen LogP contribution in [-0.4, -0.2) is 28.1 Å². The second-order valence-corrected chi connectivity index (χ2v) is 6.86. The molecule has 2 rings (SSSR count). The summed E-state index contributed by atoms with van der Waals surface area (Å²) in [5, 5.41) is 9.09. The Labute approximate surface area is 133 Å². The molecule has 0 aliphatic heterocycles. The molecule has 0 radical (unpaired) electrons. The van der Waals surface area contributed by atoms with Gasteiger partial charge in [0.2, 0.25) is 0 Å². The van der Waals surface area contributed by atoms with Gasteiger partial charge in [0.05, 0.1) is 17.9 Å². The fourth-order valence-electron chi connectivity index (χ4n) is 2.79. The second kappa shape index (κ2) is 8.29. The lowest BCUT2D eigenvalue weighted by molar-refractivity contribution is 0.0692. The molecule has 1 aromatic carbocycles. The van der Waals surface area contributed by atoms with Crippen molar-refractivity contribution < 1.29 is 18.8 Å². The zero-order chi connectivity index (χ0) is 15.9. The van der Waals surface area contributed by atoms with Crippen molar-refractivity contribution in [1.82, 2.24) is 0 Å². The first-order chi connectivity index (χ1) is 10.6. The van der Waals surface area contributed by atoms with Crippen molar-refractivity contribution in [2.24, 2.45) is 5.92 Å². The summed E-state index contributed by atoms with van der Waals surface area (Å²) < 4.78 is 20.0. The van der Waals surface area contributed by atoms with Gasteiger partial charge in [0.25, 0.3) is 0 Å². The molecule has 122 valence electrons. The molecule has 1 aliphatic carbocycles. The van der Waals surface area contributed by atoms with Gasteiger partial charge in [-0.05, 0) is 37.0 Å². The Kier molecular flexibility index (Phi) is 6.39. The van der Waals surface area contributed by atoms with Crippen LogP contribution >= 0.6 is 0 Å². The number of aromatic carboxylic acids is 1. The van der Waals surface area contributed by atoms with Crippen molar-refractivity contribution in [3.63, 3.8) is 0 Å². The van der Waals surface area contributed by atoms with Gasteiger partial charge in [0.1, 0.15) is 11.0 Å². The summed E-state index contributed by atoms with van der Waals surface area (Å²) in [7, 11) is -1.21.